The zero-order valence-electron chi connectivity index (χ0n) is 18.0. The van der Waals surface area contributed by atoms with Crippen molar-refractivity contribution in [1.82, 2.24) is 0 Å². The third-order valence-corrected chi connectivity index (χ3v) is 7.63. The number of rotatable bonds is 2. The van der Waals surface area contributed by atoms with E-state index in [1.807, 2.05) is 37.3 Å². The highest BCUT2D eigenvalue weighted by Gasteiger charge is 2.76. The second-order valence-corrected chi connectivity index (χ2v) is 9.28. The van der Waals surface area contributed by atoms with Crippen LogP contribution < -0.4 is 4.90 Å². The predicted molar refractivity (Wildman–Crippen MR) is 124 cm³/mol. The van der Waals surface area contributed by atoms with Gasteiger partial charge in [0.25, 0.3) is 0 Å². The Hall–Kier alpha value is -3.77. The largest absolute Gasteiger partial charge is 0.393 e. The molecule has 1 spiro atoms. The minimum Gasteiger partial charge on any atom is -0.393 e. The van der Waals surface area contributed by atoms with Crippen molar-refractivity contribution in [3.05, 3.63) is 100 Å². The normalized spacial score (nSPS) is 24.5. The van der Waals surface area contributed by atoms with Crippen LogP contribution in [0.15, 0.2) is 72.8 Å². The number of hydrogen-bond acceptors (Lipinski definition) is 6. The van der Waals surface area contributed by atoms with E-state index in [1.54, 1.807) is 47.4 Å². The number of fused-ring (bicyclic) bond motifs is 3. The van der Waals surface area contributed by atoms with Crippen LogP contribution in [-0.4, -0.2) is 29.0 Å². The number of nitrogens with zero attached hydrogens (tertiary/aromatic N) is 1. The van der Waals surface area contributed by atoms with Gasteiger partial charge >= 0.3 is 11.9 Å². The van der Waals surface area contributed by atoms with Crippen molar-refractivity contribution in [1.29, 1.82) is 0 Å². The molecule has 2 aliphatic heterocycles. The van der Waals surface area contributed by atoms with Crippen LogP contribution in [0.25, 0.3) is 0 Å². The van der Waals surface area contributed by atoms with E-state index >= 15 is 0 Å². The summed E-state index contributed by atoms with van der Waals surface area (Å²) in [5.41, 5.74) is 0.503. The van der Waals surface area contributed by atoms with Crippen LogP contribution in [0.5, 0.6) is 0 Å². The van der Waals surface area contributed by atoms with Crippen molar-refractivity contribution in [2.24, 2.45) is 11.8 Å². The Labute approximate surface area is 200 Å². The fraction of sp³-hybridized carbons (Fsp3) is 0.185. The molecule has 0 bridgehead atoms. The summed E-state index contributed by atoms with van der Waals surface area (Å²) in [5.74, 6) is -4.92. The lowest BCUT2D eigenvalue weighted by Gasteiger charge is -2.40. The van der Waals surface area contributed by atoms with Gasteiger partial charge in [0.05, 0.1) is 12.0 Å². The van der Waals surface area contributed by atoms with Crippen molar-refractivity contribution < 1.29 is 23.9 Å². The van der Waals surface area contributed by atoms with Gasteiger partial charge in [0.2, 0.25) is 0 Å². The van der Waals surface area contributed by atoms with Gasteiger partial charge in [-0.2, -0.15) is 0 Å². The van der Waals surface area contributed by atoms with Gasteiger partial charge in [-0.3, -0.25) is 19.2 Å². The van der Waals surface area contributed by atoms with Crippen molar-refractivity contribution in [3.63, 3.8) is 0 Å². The molecular weight excluding hydrogens is 454 g/mol. The summed E-state index contributed by atoms with van der Waals surface area (Å²) < 4.78 is 5.05. The Morgan fingerprint density at radius 2 is 1.44 bits per heavy atom. The molecule has 0 aromatic heterocycles. The van der Waals surface area contributed by atoms with Gasteiger partial charge in [0, 0.05) is 21.8 Å². The van der Waals surface area contributed by atoms with Gasteiger partial charge in [0.15, 0.2) is 17.1 Å². The topological polar surface area (TPSA) is 80.8 Å². The summed E-state index contributed by atoms with van der Waals surface area (Å²) >= 11 is 6.47. The first-order chi connectivity index (χ1) is 16.4. The molecule has 2 heterocycles. The number of ketones is 2. The average Bonchev–Trinajstić information content (AvgIpc) is 3.40. The van der Waals surface area contributed by atoms with Gasteiger partial charge in [-0.1, -0.05) is 72.3 Å². The minimum atomic E-state index is -1.95. The molecule has 2 saturated heterocycles. The van der Waals surface area contributed by atoms with E-state index in [2.05, 4.69) is 0 Å². The standard InChI is InChI=1S/C27H18ClNO5/c1-14-11-12-16(13-19(14)28)29-22(15-7-3-2-4-8-15)20-21(26(33)34-25(20)32)27(29)23(30)17-9-5-6-10-18(17)24(27)31/h2-13,20-22H,1H3/t20-,21+,22-/m1/s1. The Bertz CT molecular complexity index is 1380. The van der Waals surface area contributed by atoms with Crippen LogP contribution in [0.2, 0.25) is 5.02 Å². The number of halogens is 1. The van der Waals surface area contributed by atoms with Crippen LogP contribution in [-0.2, 0) is 14.3 Å². The molecule has 2 fully saturated rings. The van der Waals surface area contributed by atoms with Crippen LogP contribution in [0.3, 0.4) is 0 Å². The molecule has 0 unspecified atom stereocenters. The third-order valence-electron chi connectivity index (χ3n) is 7.22. The van der Waals surface area contributed by atoms with E-state index in [0.717, 1.165) is 5.56 Å². The Morgan fingerprint density at radius 1 is 0.824 bits per heavy atom. The smallest absolute Gasteiger partial charge is 0.320 e. The summed E-state index contributed by atoms with van der Waals surface area (Å²) in [6, 6.07) is 20.0. The molecule has 168 valence electrons. The number of carbonyl (C=O) groups is 4. The summed E-state index contributed by atoms with van der Waals surface area (Å²) in [6.45, 7) is 1.85. The number of benzene rings is 3. The van der Waals surface area contributed by atoms with Crippen LogP contribution >= 0.6 is 11.6 Å². The van der Waals surface area contributed by atoms with E-state index in [-0.39, 0.29) is 11.1 Å². The second-order valence-electron chi connectivity index (χ2n) is 8.87. The van der Waals surface area contributed by atoms with Crippen molar-refractivity contribution >= 4 is 40.8 Å². The molecule has 3 aromatic rings. The van der Waals surface area contributed by atoms with Crippen LogP contribution in [0.4, 0.5) is 5.69 Å². The lowest BCUT2D eigenvalue weighted by atomic mass is 9.76. The monoisotopic (exact) mass is 471 g/mol. The number of cyclic esters (lactones) is 2. The van der Waals surface area contributed by atoms with E-state index in [0.29, 0.717) is 16.3 Å². The molecule has 6 rings (SSSR count). The molecule has 3 aliphatic rings. The number of aryl methyl sites for hydroxylation is 1. The number of hydrogen-bond donors (Lipinski definition) is 0. The molecule has 34 heavy (non-hydrogen) atoms. The van der Waals surface area contributed by atoms with E-state index in [9.17, 15) is 19.2 Å². The number of ether oxygens (including phenoxy) is 1. The lowest BCUT2D eigenvalue weighted by Crippen LogP contribution is -2.59. The Balaban J connectivity index is 1.70. The van der Waals surface area contributed by atoms with Gasteiger partial charge in [-0.25, -0.2) is 0 Å². The molecule has 0 N–H and O–H groups in total. The summed E-state index contributed by atoms with van der Waals surface area (Å²) in [4.78, 5) is 56.1. The molecular formula is C27H18ClNO5. The van der Waals surface area contributed by atoms with E-state index in [1.165, 1.54) is 0 Å². The molecule has 7 heteroatoms. The van der Waals surface area contributed by atoms with Crippen LogP contribution in [0.1, 0.15) is 37.9 Å². The maximum Gasteiger partial charge on any atom is 0.320 e. The highest BCUT2D eigenvalue weighted by Crippen LogP contribution is 2.60. The van der Waals surface area contributed by atoms with Gasteiger partial charge < -0.3 is 9.64 Å². The summed E-state index contributed by atoms with van der Waals surface area (Å²) in [7, 11) is 0. The fourth-order valence-corrected chi connectivity index (χ4v) is 5.96. The summed E-state index contributed by atoms with van der Waals surface area (Å²) in [6.07, 6.45) is 0. The molecule has 6 nitrogen and oxygen atoms in total. The molecule has 0 saturated carbocycles. The third kappa shape index (κ3) is 2.46. The van der Waals surface area contributed by atoms with E-state index < -0.39 is 46.9 Å². The van der Waals surface area contributed by atoms with Crippen molar-refractivity contribution in [3.8, 4) is 0 Å². The maximum absolute atomic E-state index is 14.1. The fourth-order valence-electron chi connectivity index (χ4n) is 5.78. The zero-order valence-corrected chi connectivity index (χ0v) is 18.8. The molecule has 1 aliphatic carbocycles. The van der Waals surface area contributed by atoms with E-state index in [4.69, 9.17) is 16.3 Å². The Morgan fingerprint density at radius 3 is 2.06 bits per heavy atom. The molecule has 0 radical (unpaired) electrons. The van der Waals surface area contributed by atoms with Crippen molar-refractivity contribution in [2.45, 2.75) is 18.5 Å². The first-order valence-corrected chi connectivity index (χ1v) is 11.3. The zero-order chi connectivity index (χ0) is 23.8. The Kier molecular flexibility index (Phi) is 4.35. The number of carbonyl (C=O) groups excluding carboxylic acids is 4. The predicted octanol–water partition coefficient (Wildman–Crippen LogP) is 4.34. The molecule has 0 amide bonds. The minimum absolute atomic E-state index is 0.232. The first kappa shape index (κ1) is 20.8. The second kappa shape index (κ2) is 7.11. The number of anilines is 1. The quantitative estimate of drug-likeness (QED) is 0.408. The van der Waals surface area contributed by atoms with Crippen molar-refractivity contribution in [2.75, 3.05) is 4.90 Å². The highest BCUT2D eigenvalue weighted by atomic mass is 35.5. The van der Waals surface area contributed by atoms with Gasteiger partial charge in [0.1, 0.15) is 5.92 Å². The summed E-state index contributed by atoms with van der Waals surface area (Å²) in [5, 5.41) is 0.445. The SMILES string of the molecule is Cc1ccc(N2[C@H](c3ccccc3)[C@@H]3C(=O)OC(=O)[C@H]3C23C(=O)c2ccccc2C3=O)cc1Cl. The molecule has 3 atom stereocenters. The van der Waals surface area contributed by atoms with Crippen LogP contribution in [0, 0.1) is 18.8 Å². The highest BCUT2D eigenvalue weighted by molar-refractivity contribution is 6.37. The molecule has 3 aromatic carbocycles. The number of Topliss-reactive ketones (excluding diaryl/α,β-unsaturated/α-hetero) is 2. The maximum atomic E-state index is 14.1. The lowest BCUT2D eigenvalue weighted by molar-refractivity contribution is -0.154. The average molecular weight is 472 g/mol. The van der Waals surface area contributed by atoms with Gasteiger partial charge in [-0.15, -0.1) is 0 Å². The first-order valence-electron chi connectivity index (χ1n) is 10.9. The van der Waals surface area contributed by atoms with Gasteiger partial charge in [-0.05, 0) is 30.2 Å². The number of esters is 2.